The molecule has 0 saturated carbocycles. The molecule has 0 radical (unpaired) electrons. The van der Waals surface area contributed by atoms with Gasteiger partial charge in [-0.25, -0.2) is 0 Å². The van der Waals surface area contributed by atoms with Crippen molar-refractivity contribution in [2.45, 2.75) is 31.4 Å². The summed E-state index contributed by atoms with van der Waals surface area (Å²) in [5.41, 5.74) is 3.26. The fourth-order valence-electron chi connectivity index (χ4n) is 2.88. The lowest BCUT2D eigenvalue weighted by Crippen LogP contribution is -2.34. The average molecular weight is 447 g/mol. The van der Waals surface area contributed by atoms with E-state index in [-0.39, 0.29) is 12.5 Å². The smallest absolute Gasteiger partial charge is 0.416 e. The maximum absolute atomic E-state index is 12.9. The third kappa shape index (κ3) is 5.11. The van der Waals surface area contributed by atoms with Crippen LogP contribution in [0.5, 0.6) is 0 Å². The molecule has 160 valence electrons. The summed E-state index contributed by atoms with van der Waals surface area (Å²) >= 11 is 1.46. The van der Waals surface area contributed by atoms with Crippen LogP contribution in [0.25, 0.3) is 10.1 Å². The molecule has 1 aromatic heterocycles. The van der Waals surface area contributed by atoms with Crippen molar-refractivity contribution in [3.05, 3.63) is 70.1 Å². The second-order valence-corrected chi connectivity index (χ2v) is 7.50. The molecule has 3 nitrogen and oxygen atoms in total. The molecule has 0 amide bonds. The molecule has 0 saturated heterocycles. The van der Waals surface area contributed by atoms with Crippen molar-refractivity contribution in [1.82, 2.24) is 0 Å². The highest BCUT2D eigenvalue weighted by molar-refractivity contribution is 7.17. The third-order valence-electron chi connectivity index (χ3n) is 4.33. The fourth-order valence-corrected chi connectivity index (χ4v) is 3.85. The number of hydrogen-bond acceptors (Lipinski definition) is 4. The molecule has 0 fully saturated rings. The van der Waals surface area contributed by atoms with Crippen LogP contribution in [0.2, 0.25) is 0 Å². The van der Waals surface area contributed by atoms with Crippen molar-refractivity contribution < 1.29 is 35.9 Å². The SMILES string of the molecule is NC(Cc1csc2ccccc12)C(=O)OCc1cc(C(F)(F)F)cc(C(F)(F)F)c1. The van der Waals surface area contributed by atoms with Crippen LogP contribution in [0.15, 0.2) is 47.8 Å². The number of rotatable bonds is 5. The Bertz CT molecular complexity index is 1030. The lowest BCUT2D eigenvalue weighted by molar-refractivity contribution is -0.146. The van der Waals surface area contributed by atoms with Crippen molar-refractivity contribution in [1.29, 1.82) is 0 Å². The molecule has 0 spiro atoms. The van der Waals surface area contributed by atoms with Crippen molar-refractivity contribution in [3.63, 3.8) is 0 Å². The van der Waals surface area contributed by atoms with E-state index < -0.39 is 47.7 Å². The van der Waals surface area contributed by atoms with Gasteiger partial charge in [0.25, 0.3) is 0 Å². The van der Waals surface area contributed by atoms with E-state index in [1.807, 2.05) is 29.6 Å². The molecule has 0 aliphatic heterocycles. The van der Waals surface area contributed by atoms with E-state index in [0.717, 1.165) is 15.6 Å². The van der Waals surface area contributed by atoms with Gasteiger partial charge < -0.3 is 10.5 Å². The van der Waals surface area contributed by atoms with Gasteiger partial charge in [0.2, 0.25) is 0 Å². The van der Waals surface area contributed by atoms with Gasteiger partial charge in [0, 0.05) is 4.70 Å². The van der Waals surface area contributed by atoms with Crippen LogP contribution < -0.4 is 5.73 Å². The Labute approximate surface area is 171 Å². The minimum atomic E-state index is -4.98. The fraction of sp³-hybridized carbons (Fsp3) is 0.250. The molecule has 0 aliphatic rings. The van der Waals surface area contributed by atoms with E-state index in [2.05, 4.69) is 0 Å². The van der Waals surface area contributed by atoms with E-state index in [1.54, 1.807) is 0 Å². The van der Waals surface area contributed by atoms with Crippen molar-refractivity contribution in [2.24, 2.45) is 5.73 Å². The second kappa shape index (κ2) is 8.27. The number of hydrogen-bond donors (Lipinski definition) is 1. The first kappa shape index (κ1) is 22.1. The number of ether oxygens (including phenoxy) is 1. The van der Waals surface area contributed by atoms with Gasteiger partial charge in [-0.1, -0.05) is 18.2 Å². The van der Waals surface area contributed by atoms with Gasteiger partial charge in [-0.05, 0) is 52.6 Å². The number of carbonyl (C=O) groups is 1. The summed E-state index contributed by atoms with van der Waals surface area (Å²) in [6, 6.07) is 7.38. The predicted octanol–water partition coefficient (Wildman–Crippen LogP) is 5.55. The summed E-state index contributed by atoms with van der Waals surface area (Å²) in [6.07, 6.45) is -9.83. The highest BCUT2D eigenvalue weighted by Crippen LogP contribution is 2.36. The molecule has 1 unspecified atom stereocenters. The van der Waals surface area contributed by atoms with E-state index >= 15 is 0 Å². The molecular weight excluding hydrogens is 432 g/mol. The maximum Gasteiger partial charge on any atom is 0.416 e. The molecule has 2 aromatic carbocycles. The summed E-state index contributed by atoms with van der Waals surface area (Å²) in [5.74, 6) is -0.920. The number of alkyl halides is 6. The number of benzene rings is 2. The van der Waals surface area contributed by atoms with Gasteiger partial charge in [-0.3, -0.25) is 4.79 Å². The number of halogens is 6. The highest BCUT2D eigenvalue weighted by atomic mass is 32.1. The molecule has 3 rings (SSSR count). The van der Waals surface area contributed by atoms with Crippen LogP contribution in [-0.4, -0.2) is 12.0 Å². The Morgan fingerprint density at radius 2 is 1.60 bits per heavy atom. The molecule has 3 aromatic rings. The van der Waals surface area contributed by atoms with Crippen molar-refractivity contribution >= 4 is 27.4 Å². The van der Waals surface area contributed by atoms with Gasteiger partial charge in [0.05, 0.1) is 11.1 Å². The zero-order valence-corrected chi connectivity index (χ0v) is 16.0. The molecule has 1 heterocycles. The molecule has 0 aliphatic carbocycles. The van der Waals surface area contributed by atoms with Gasteiger partial charge >= 0.3 is 18.3 Å². The highest BCUT2D eigenvalue weighted by Gasteiger charge is 2.37. The molecule has 30 heavy (non-hydrogen) atoms. The van der Waals surface area contributed by atoms with E-state index in [9.17, 15) is 31.1 Å². The van der Waals surface area contributed by atoms with Crippen LogP contribution in [0.1, 0.15) is 22.3 Å². The number of esters is 1. The summed E-state index contributed by atoms with van der Waals surface area (Å²) in [4.78, 5) is 12.2. The van der Waals surface area contributed by atoms with E-state index in [4.69, 9.17) is 10.5 Å². The minimum Gasteiger partial charge on any atom is -0.460 e. The first-order chi connectivity index (χ1) is 13.9. The van der Waals surface area contributed by atoms with E-state index in [1.165, 1.54) is 11.3 Å². The Balaban J connectivity index is 1.71. The standard InChI is InChI=1S/C20H15F6NO2S/c21-19(22,23)13-5-11(6-14(8-13)20(24,25)26)9-29-18(28)16(27)7-12-10-30-17-4-2-1-3-15(12)17/h1-6,8,10,16H,7,9,27H2. The number of carbonyl (C=O) groups excluding carboxylic acids is 1. The topological polar surface area (TPSA) is 52.3 Å². The molecule has 0 bridgehead atoms. The first-order valence-electron chi connectivity index (χ1n) is 8.61. The van der Waals surface area contributed by atoms with Crippen LogP contribution in [0.3, 0.4) is 0 Å². The Morgan fingerprint density at radius 1 is 1.00 bits per heavy atom. The normalized spacial score (nSPS) is 13.4. The van der Waals surface area contributed by atoms with Gasteiger partial charge in [0.1, 0.15) is 12.6 Å². The minimum absolute atomic E-state index is 0.0126. The average Bonchev–Trinajstić information content (AvgIpc) is 3.07. The summed E-state index contributed by atoms with van der Waals surface area (Å²) < 4.78 is 83.3. The first-order valence-corrected chi connectivity index (χ1v) is 9.49. The van der Waals surface area contributed by atoms with Gasteiger partial charge in [0.15, 0.2) is 0 Å². The van der Waals surface area contributed by atoms with Crippen LogP contribution in [-0.2, 0) is 34.9 Å². The maximum atomic E-state index is 12.9. The number of thiophene rings is 1. The number of nitrogens with two attached hydrogens (primary N) is 1. The lowest BCUT2D eigenvalue weighted by atomic mass is 10.0. The monoisotopic (exact) mass is 447 g/mol. The van der Waals surface area contributed by atoms with Crippen LogP contribution in [0.4, 0.5) is 26.3 Å². The van der Waals surface area contributed by atoms with Gasteiger partial charge in [-0.15, -0.1) is 11.3 Å². The number of fused-ring (bicyclic) bond motifs is 1. The largest absolute Gasteiger partial charge is 0.460 e. The molecule has 2 N–H and O–H groups in total. The third-order valence-corrected chi connectivity index (χ3v) is 5.34. The lowest BCUT2D eigenvalue weighted by Gasteiger charge is -2.15. The summed E-state index contributed by atoms with van der Waals surface area (Å²) in [7, 11) is 0. The molecule has 10 heteroatoms. The van der Waals surface area contributed by atoms with Crippen LogP contribution in [0, 0.1) is 0 Å². The zero-order valence-electron chi connectivity index (χ0n) is 15.2. The summed E-state index contributed by atoms with van der Waals surface area (Å²) in [6.45, 7) is -0.760. The van der Waals surface area contributed by atoms with Crippen molar-refractivity contribution in [2.75, 3.05) is 0 Å². The Hall–Kier alpha value is -2.59. The molecular formula is C20H15F6NO2S. The Kier molecular flexibility index (Phi) is 6.09. The quantitative estimate of drug-likeness (QED) is 0.412. The second-order valence-electron chi connectivity index (χ2n) is 6.59. The van der Waals surface area contributed by atoms with Gasteiger partial charge in [-0.2, -0.15) is 26.3 Å². The Morgan fingerprint density at radius 3 is 2.20 bits per heavy atom. The molecule has 1 atom stereocenters. The van der Waals surface area contributed by atoms with Crippen LogP contribution >= 0.6 is 11.3 Å². The predicted molar refractivity (Wildman–Crippen MR) is 99.7 cm³/mol. The zero-order chi connectivity index (χ0) is 22.1. The summed E-state index contributed by atoms with van der Waals surface area (Å²) in [5, 5.41) is 2.75. The van der Waals surface area contributed by atoms with E-state index in [0.29, 0.717) is 12.1 Å². The van der Waals surface area contributed by atoms with Crippen molar-refractivity contribution in [3.8, 4) is 0 Å².